The Bertz CT molecular complexity index is 1300. The van der Waals surface area contributed by atoms with Gasteiger partial charge in [-0.15, -0.1) is 0 Å². The summed E-state index contributed by atoms with van der Waals surface area (Å²) in [5.74, 6) is 0.141. The Morgan fingerprint density at radius 3 is 2.77 bits per heavy atom. The van der Waals surface area contributed by atoms with Crippen LogP contribution in [0.25, 0.3) is 22.2 Å². The van der Waals surface area contributed by atoms with E-state index >= 15 is 0 Å². The standard InChI is InChI=1S/C28H34N4O3/c1-6-31-16-20-10-18(19-12-21-17(2)14-29-26(21)30-15-19)11-23(22(20)13-25(31)33)24-8-7-9-32(24)27(34)35-28(3,4)5/h10-12,14-15,24H,6-9,13,16H2,1-5H3,(H,29,30). The molecule has 35 heavy (non-hydrogen) atoms. The number of carbonyl (C=O) groups excluding carboxylic acids is 2. The summed E-state index contributed by atoms with van der Waals surface area (Å²) in [6, 6.07) is 6.44. The lowest BCUT2D eigenvalue weighted by Crippen LogP contribution is -2.39. The number of H-pyrrole nitrogens is 1. The maximum atomic E-state index is 13.1. The van der Waals surface area contributed by atoms with Crippen molar-refractivity contribution in [1.82, 2.24) is 19.8 Å². The van der Waals surface area contributed by atoms with Crippen molar-refractivity contribution in [2.45, 2.75) is 72.1 Å². The number of carbonyl (C=O) groups is 2. The van der Waals surface area contributed by atoms with Crippen LogP contribution in [-0.4, -0.2) is 50.5 Å². The van der Waals surface area contributed by atoms with Crippen molar-refractivity contribution >= 4 is 23.0 Å². The maximum absolute atomic E-state index is 13.1. The highest BCUT2D eigenvalue weighted by molar-refractivity contribution is 5.86. The molecule has 1 N–H and O–H groups in total. The van der Waals surface area contributed by atoms with Gasteiger partial charge < -0.3 is 19.5 Å². The van der Waals surface area contributed by atoms with E-state index in [9.17, 15) is 9.59 Å². The first-order valence-corrected chi connectivity index (χ1v) is 12.5. The number of hydrogen-bond donors (Lipinski definition) is 1. The molecule has 1 unspecified atom stereocenters. The molecule has 0 radical (unpaired) electrons. The molecule has 184 valence electrons. The summed E-state index contributed by atoms with van der Waals surface area (Å²) in [4.78, 5) is 37.6. The summed E-state index contributed by atoms with van der Waals surface area (Å²) in [5.41, 5.74) is 6.86. The SMILES string of the molecule is CCN1Cc2cc(-c3cnc4[nH]cc(C)c4c3)cc(C3CCCN3C(=O)OC(C)(C)C)c2CC1=O. The molecule has 2 amide bonds. The number of hydrogen-bond acceptors (Lipinski definition) is 4. The lowest BCUT2D eigenvalue weighted by molar-refractivity contribution is -0.131. The highest BCUT2D eigenvalue weighted by atomic mass is 16.6. The fraction of sp³-hybridized carbons (Fsp3) is 0.464. The lowest BCUT2D eigenvalue weighted by Gasteiger charge is -2.34. The number of fused-ring (bicyclic) bond motifs is 2. The molecule has 1 fully saturated rings. The summed E-state index contributed by atoms with van der Waals surface area (Å²) >= 11 is 0. The van der Waals surface area contributed by atoms with Gasteiger partial charge in [0.05, 0.1) is 12.5 Å². The number of aromatic nitrogens is 2. The molecule has 1 aromatic carbocycles. The minimum Gasteiger partial charge on any atom is -0.444 e. The number of nitrogens with zero attached hydrogens (tertiary/aromatic N) is 3. The molecule has 0 spiro atoms. The molecular weight excluding hydrogens is 440 g/mol. The summed E-state index contributed by atoms with van der Waals surface area (Å²) in [6.45, 7) is 11.7. The molecule has 7 heteroatoms. The average molecular weight is 475 g/mol. The van der Waals surface area contributed by atoms with E-state index in [1.54, 1.807) is 0 Å². The number of nitrogens with one attached hydrogen (secondary N) is 1. The number of aryl methyl sites for hydroxylation is 1. The quantitative estimate of drug-likeness (QED) is 0.543. The van der Waals surface area contributed by atoms with E-state index in [0.29, 0.717) is 26.1 Å². The fourth-order valence-corrected chi connectivity index (χ4v) is 5.34. The first-order valence-electron chi connectivity index (χ1n) is 12.5. The van der Waals surface area contributed by atoms with Gasteiger partial charge >= 0.3 is 6.09 Å². The van der Waals surface area contributed by atoms with E-state index in [4.69, 9.17) is 4.74 Å². The van der Waals surface area contributed by atoms with Gasteiger partial charge in [0.1, 0.15) is 11.2 Å². The Hall–Kier alpha value is -3.35. The third kappa shape index (κ3) is 4.40. The molecule has 0 bridgehead atoms. The molecule has 2 aromatic heterocycles. The number of benzene rings is 1. The predicted octanol–water partition coefficient (Wildman–Crippen LogP) is 5.51. The van der Waals surface area contributed by atoms with Gasteiger partial charge in [0, 0.05) is 43.0 Å². The summed E-state index contributed by atoms with van der Waals surface area (Å²) < 4.78 is 5.74. The van der Waals surface area contributed by atoms with Gasteiger partial charge in [-0.1, -0.05) is 0 Å². The third-order valence-electron chi connectivity index (χ3n) is 7.11. The average Bonchev–Trinajstić information content (AvgIpc) is 3.44. The molecule has 3 aromatic rings. The zero-order chi connectivity index (χ0) is 24.9. The minimum atomic E-state index is -0.557. The monoisotopic (exact) mass is 474 g/mol. The van der Waals surface area contributed by atoms with Gasteiger partial charge in [0.2, 0.25) is 5.91 Å². The summed E-state index contributed by atoms with van der Waals surface area (Å²) in [7, 11) is 0. The first kappa shape index (κ1) is 23.4. The Balaban J connectivity index is 1.62. The maximum Gasteiger partial charge on any atom is 0.410 e. The topological polar surface area (TPSA) is 78.5 Å². The Kier molecular flexibility index (Phi) is 5.82. The van der Waals surface area contributed by atoms with E-state index in [1.807, 2.05) is 49.9 Å². The first-order chi connectivity index (χ1) is 16.6. The van der Waals surface area contributed by atoms with Crippen LogP contribution in [0.15, 0.2) is 30.6 Å². The minimum absolute atomic E-state index is 0.106. The van der Waals surface area contributed by atoms with E-state index in [2.05, 4.69) is 35.1 Å². The second-order valence-corrected chi connectivity index (χ2v) is 10.7. The fourth-order valence-electron chi connectivity index (χ4n) is 5.34. The summed E-state index contributed by atoms with van der Waals surface area (Å²) in [6.07, 6.45) is 5.72. The van der Waals surface area contributed by atoms with Crippen LogP contribution in [0.2, 0.25) is 0 Å². The van der Waals surface area contributed by atoms with Gasteiger partial charge in [-0.25, -0.2) is 9.78 Å². The molecule has 7 nitrogen and oxygen atoms in total. The molecule has 1 saturated heterocycles. The van der Waals surface area contributed by atoms with Gasteiger partial charge in [-0.2, -0.15) is 0 Å². The van der Waals surface area contributed by atoms with Crippen molar-refractivity contribution in [3.63, 3.8) is 0 Å². The zero-order valence-electron chi connectivity index (χ0n) is 21.3. The van der Waals surface area contributed by atoms with E-state index in [-0.39, 0.29) is 18.0 Å². The lowest BCUT2D eigenvalue weighted by atomic mass is 9.86. The molecule has 2 aliphatic heterocycles. The van der Waals surface area contributed by atoms with Crippen molar-refractivity contribution in [2.75, 3.05) is 13.1 Å². The van der Waals surface area contributed by atoms with Crippen LogP contribution in [0, 0.1) is 6.92 Å². The summed E-state index contributed by atoms with van der Waals surface area (Å²) in [5, 5.41) is 1.10. The Morgan fingerprint density at radius 2 is 2.03 bits per heavy atom. The van der Waals surface area contributed by atoms with Crippen LogP contribution in [-0.2, 0) is 22.5 Å². The second kappa shape index (κ2) is 8.70. The number of pyridine rings is 1. The van der Waals surface area contributed by atoms with Crippen molar-refractivity contribution in [3.05, 3.63) is 52.8 Å². The van der Waals surface area contributed by atoms with E-state index < -0.39 is 5.60 Å². The van der Waals surface area contributed by atoms with Crippen molar-refractivity contribution < 1.29 is 14.3 Å². The van der Waals surface area contributed by atoms with Crippen LogP contribution < -0.4 is 0 Å². The smallest absolute Gasteiger partial charge is 0.410 e. The van der Waals surface area contributed by atoms with Crippen LogP contribution in [0.3, 0.4) is 0 Å². The second-order valence-electron chi connectivity index (χ2n) is 10.7. The molecule has 2 aliphatic rings. The van der Waals surface area contributed by atoms with Crippen molar-refractivity contribution in [1.29, 1.82) is 0 Å². The van der Waals surface area contributed by atoms with Crippen LogP contribution in [0.1, 0.15) is 68.8 Å². The molecule has 5 rings (SSSR count). The highest BCUT2D eigenvalue weighted by Crippen LogP contribution is 2.40. The highest BCUT2D eigenvalue weighted by Gasteiger charge is 2.36. The van der Waals surface area contributed by atoms with Crippen LogP contribution in [0.4, 0.5) is 4.79 Å². The Morgan fingerprint density at radius 1 is 1.23 bits per heavy atom. The van der Waals surface area contributed by atoms with Gasteiger partial charge in [0.25, 0.3) is 0 Å². The van der Waals surface area contributed by atoms with Crippen LogP contribution >= 0.6 is 0 Å². The zero-order valence-corrected chi connectivity index (χ0v) is 21.3. The Labute approximate surface area is 206 Å². The molecular formula is C28H34N4O3. The normalized spacial score (nSPS) is 18.3. The van der Waals surface area contributed by atoms with Gasteiger partial charge in [-0.05, 0) is 93.5 Å². The largest absolute Gasteiger partial charge is 0.444 e. The van der Waals surface area contributed by atoms with Crippen LogP contribution in [0.5, 0.6) is 0 Å². The molecule has 4 heterocycles. The number of likely N-dealkylation sites (tertiary alicyclic amines) is 1. The predicted molar refractivity (Wildman–Crippen MR) is 136 cm³/mol. The van der Waals surface area contributed by atoms with Gasteiger partial charge in [-0.3, -0.25) is 4.79 Å². The molecule has 0 aliphatic carbocycles. The number of amides is 2. The molecule has 0 saturated carbocycles. The number of ether oxygens (including phenoxy) is 1. The van der Waals surface area contributed by atoms with Gasteiger partial charge in [0.15, 0.2) is 0 Å². The third-order valence-corrected chi connectivity index (χ3v) is 7.11. The number of likely N-dealkylation sites (N-methyl/N-ethyl adjacent to an activating group) is 1. The van der Waals surface area contributed by atoms with E-state index in [1.165, 1.54) is 0 Å². The number of rotatable bonds is 3. The molecule has 1 atom stereocenters. The van der Waals surface area contributed by atoms with E-state index in [0.717, 1.165) is 57.3 Å². The van der Waals surface area contributed by atoms with Crippen molar-refractivity contribution in [2.24, 2.45) is 0 Å². The number of aromatic amines is 1. The van der Waals surface area contributed by atoms with Crippen molar-refractivity contribution in [3.8, 4) is 11.1 Å².